The standard InChI is InChI=1S/C12H9N3/c1-2-4-9(5-3-1)13-10-6-7-11-12(8-10)15-14-11/h1-8,13H. The van der Waals surface area contributed by atoms with Crippen LogP contribution >= 0.6 is 0 Å². The van der Waals surface area contributed by atoms with Crippen molar-refractivity contribution >= 4 is 22.7 Å². The van der Waals surface area contributed by atoms with Crippen molar-refractivity contribution < 1.29 is 0 Å². The molecule has 1 heterocycles. The highest BCUT2D eigenvalue weighted by Crippen LogP contribution is 2.39. The lowest BCUT2D eigenvalue weighted by molar-refractivity contribution is 1.14. The Morgan fingerprint density at radius 3 is 2.20 bits per heavy atom. The zero-order valence-electron chi connectivity index (χ0n) is 8.01. The summed E-state index contributed by atoms with van der Waals surface area (Å²) in [7, 11) is 0. The van der Waals surface area contributed by atoms with Gasteiger partial charge in [-0.15, -0.1) is 10.2 Å². The van der Waals surface area contributed by atoms with Crippen LogP contribution < -0.4 is 5.32 Å². The van der Waals surface area contributed by atoms with E-state index in [1.165, 1.54) is 0 Å². The lowest BCUT2D eigenvalue weighted by atomic mass is 10.2. The molecule has 2 aromatic rings. The molecule has 0 unspecified atom stereocenters. The largest absolute Gasteiger partial charge is 0.355 e. The van der Waals surface area contributed by atoms with Gasteiger partial charge in [0.2, 0.25) is 0 Å². The normalized spacial score (nSPS) is 11.7. The summed E-state index contributed by atoms with van der Waals surface area (Å²) in [4.78, 5) is 0. The summed E-state index contributed by atoms with van der Waals surface area (Å²) >= 11 is 0. The zero-order chi connectivity index (χ0) is 10.1. The molecule has 0 saturated heterocycles. The van der Waals surface area contributed by atoms with Gasteiger partial charge in [-0.2, -0.15) is 0 Å². The predicted molar refractivity (Wildman–Crippen MR) is 60.3 cm³/mol. The Balaban J connectivity index is 1.87. The first-order valence-electron chi connectivity index (χ1n) is 4.80. The van der Waals surface area contributed by atoms with Gasteiger partial charge in [-0.3, -0.25) is 0 Å². The van der Waals surface area contributed by atoms with Crippen molar-refractivity contribution in [2.24, 2.45) is 10.2 Å². The van der Waals surface area contributed by atoms with Crippen LogP contribution in [0, 0.1) is 0 Å². The Labute approximate surface area is 87.5 Å². The predicted octanol–water partition coefficient (Wildman–Crippen LogP) is 4.16. The molecule has 0 fully saturated rings. The van der Waals surface area contributed by atoms with Gasteiger partial charge in [-0.25, -0.2) is 0 Å². The number of para-hydroxylation sites is 1. The monoisotopic (exact) mass is 195 g/mol. The van der Waals surface area contributed by atoms with Crippen LogP contribution in [-0.2, 0) is 0 Å². The Morgan fingerprint density at radius 1 is 0.733 bits per heavy atom. The van der Waals surface area contributed by atoms with E-state index < -0.39 is 0 Å². The number of nitrogens with one attached hydrogen (secondary N) is 1. The Hall–Kier alpha value is -2.16. The third-order valence-electron chi connectivity index (χ3n) is 2.30. The highest BCUT2D eigenvalue weighted by Gasteiger charge is 2.09. The SMILES string of the molecule is c1ccc(Nc2ccc3c(c2)N=N3)cc1. The van der Waals surface area contributed by atoms with Crippen molar-refractivity contribution in [2.45, 2.75) is 0 Å². The van der Waals surface area contributed by atoms with E-state index in [4.69, 9.17) is 0 Å². The molecule has 15 heavy (non-hydrogen) atoms. The van der Waals surface area contributed by atoms with Crippen LogP contribution in [-0.4, -0.2) is 0 Å². The van der Waals surface area contributed by atoms with Crippen molar-refractivity contribution in [3.63, 3.8) is 0 Å². The average Bonchev–Trinajstić information content (AvgIpc) is 2.24. The Kier molecular flexibility index (Phi) is 1.75. The van der Waals surface area contributed by atoms with E-state index in [0.717, 1.165) is 22.7 Å². The van der Waals surface area contributed by atoms with Crippen molar-refractivity contribution in [2.75, 3.05) is 5.32 Å². The van der Waals surface area contributed by atoms with Crippen molar-refractivity contribution in [1.29, 1.82) is 0 Å². The molecule has 3 nitrogen and oxygen atoms in total. The first-order valence-corrected chi connectivity index (χ1v) is 4.80. The minimum Gasteiger partial charge on any atom is -0.355 e. The molecule has 3 rings (SSSR count). The first kappa shape index (κ1) is 8.17. The van der Waals surface area contributed by atoms with E-state index >= 15 is 0 Å². The van der Waals surface area contributed by atoms with Crippen molar-refractivity contribution in [3.05, 3.63) is 48.5 Å². The van der Waals surface area contributed by atoms with Gasteiger partial charge in [0.15, 0.2) is 0 Å². The van der Waals surface area contributed by atoms with Crippen LogP contribution in [0.1, 0.15) is 0 Å². The smallest absolute Gasteiger partial charge is 0.115 e. The van der Waals surface area contributed by atoms with E-state index in [1.54, 1.807) is 0 Å². The second-order valence-electron chi connectivity index (χ2n) is 3.39. The zero-order valence-corrected chi connectivity index (χ0v) is 8.01. The lowest BCUT2D eigenvalue weighted by Crippen LogP contribution is -1.89. The van der Waals surface area contributed by atoms with Gasteiger partial charge in [0.25, 0.3) is 0 Å². The molecule has 0 aromatic heterocycles. The third-order valence-corrected chi connectivity index (χ3v) is 2.30. The second-order valence-corrected chi connectivity index (χ2v) is 3.39. The summed E-state index contributed by atoms with van der Waals surface area (Å²) in [6, 6.07) is 16.0. The number of nitrogens with zero attached hydrogens (tertiary/aromatic N) is 2. The number of fused-ring (bicyclic) bond motifs is 1. The fraction of sp³-hybridized carbons (Fsp3) is 0. The molecular weight excluding hydrogens is 186 g/mol. The average molecular weight is 195 g/mol. The molecule has 3 heteroatoms. The van der Waals surface area contributed by atoms with E-state index in [2.05, 4.69) is 15.5 Å². The van der Waals surface area contributed by atoms with E-state index in [1.807, 2.05) is 48.5 Å². The third kappa shape index (κ3) is 1.48. The molecule has 0 saturated carbocycles. The van der Waals surface area contributed by atoms with Crippen molar-refractivity contribution in [3.8, 4) is 0 Å². The summed E-state index contributed by atoms with van der Waals surface area (Å²) < 4.78 is 0. The molecule has 0 atom stereocenters. The number of benzene rings is 2. The van der Waals surface area contributed by atoms with Crippen LogP contribution in [0.3, 0.4) is 0 Å². The topological polar surface area (TPSA) is 36.8 Å². The molecule has 1 aliphatic rings. The number of azo groups is 1. The van der Waals surface area contributed by atoms with Gasteiger partial charge < -0.3 is 5.32 Å². The number of hydrogen-bond donors (Lipinski definition) is 1. The minimum absolute atomic E-state index is 0.955. The summed E-state index contributed by atoms with van der Waals surface area (Å²) in [6.45, 7) is 0. The Bertz CT molecular complexity index is 518. The van der Waals surface area contributed by atoms with E-state index in [-0.39, 0.29) is 0 Å². The summed E-state index contributed by atoms with van der Waals surface area (Å²) in [5.74, 6) is 0. The maximum absolute atomic E-state index is 3.92. The van der Waals surface area contributed by atoms with Gasteiger partial charge in [0, 0.05) is 11.4 Å². The fourth-order valence-electron chi connectivity index (χ4n) is 1.52. The van der Waals surface area contributed by atoms with Crippen molar-refractivity contribution in [1.82, 2.24) is 0 Å². The molecule has 2 aromatic carbocycles. The Morgan fingerprint density at radius 2 is 1.53 bits per heavy atom. The van der Waals surface area contributed by atoms with Crippen LogP contribution in [0.4, 0.5) is 22.7 Å². The quantitative estimate of drug-likeness (QED) is 0.654. The van der Waals surface area contributed by atoms with E-state index in [9.17, 15) is 0 Å². The maximum atomic E-state index is 3.92. The first-order chi connectivity index (χ1) is 7.42. The van der Waals surface area contributed by atoms with Crippen LogP contribution in [0.5, 0.6) is 0 Å². The van der Waals surface area contributed by atoms with Crippen LogP contribution in [0.2, 0.25) is 0 Å². The molecule has 0 spiro atoms. The van der Waals surface area contributed by atoms with Gasteiger partial charge >= 0.3 is 0 Å². The minimum atomic E-state index is 0.955. The number of hydrogen-bond acceptors (Lipinski definition) is 3. The fourth-order valence-corrected chi connectivity index (χ4v) is 1.52. The van der Waals surface area contributed by atoms with Gasteiger partial charge in [-0.1, -0.05) is 18.2 Å². The number of rotatable bonds is 2. The molecule has 0 amide bonds. The molecule has 1 aliphatic heterocycles. The molecule has 72 valence electrons. The highest BCUT2D eigenvalue weighted by molar-refractivity contribution is 5.73. The molecule has 0 aliphatic carbocycles. The van der Waals surface area contributed by atoms with Crippen LogP contribution in [0.15, 0.2) is 58.8 Å². The van der Waals surface area contributed by atoms with E-state index in [0.29, 0.717) is 0 Å². The lowest BCUT2D eigenvalue weighted by Gasteiger charge is -2.10. The van der Waals surface area contributed by atoms with Crippen LogP contribution in [0.25, 0.3) is 0 Å². The van der Waals surface area contributed by atoms with Gasteiger partial charge in [-0.05, 0) is 30.3 Å². The summed E-state index contributed by atoms with van der Waals surface area (Å²) in [6.07, 6.45) is 0. The number of anilines is 2. The summed E-state index contributed by atoms with van der Waals surface area (Å²) in [5.41, 5.74) is 4.04. The molecule has 0 bridgehead atoms. The second kappa shape index (κ2) is 3.20. The summed E-state index contributed by atoms with van der Waals surface area (Å²) in [5, 5.41) is 11.1. The molecule has 1 N–H and O–H groups in total. The molecule has 0 radical (unpaired) electrons. The maximum Gasteiger partial charge on any atom is 0.115 e. The highest BCUT2D eigenvalue weighted by atomic mass is 15.2. The van der Waals surface area contributed by atoms with Gasteiger partial charge in [0.1, 0.15) is 11.4 Å². The van der Waals surface area contributed by atoms with Gasteiger partial charge in [0.05, 0.1) is 0 Å². The molecular formula is C12H9N3.